The molecule has 21 heavy (non-hydrogen) atoms. The van der Waals surface area contributed by atoms with Crippen molar-refractivity contribution < 1.29 is 10.2 Å². The van der Waals surface area contributed by atoms with Crippen LogP contribution in [0.25, 0.3) is 11.0 Å². The molecule has 0 saturated carbocycles. The molecule has 6 heteroatoms. The van der Waals surface area contributed by atoms with Gasteiger partial charge in [0.15, 0.2) is 0 Å². The minimum atomic E-state index is 0.218. The van der Waals surface area contributed by atoms with Gasteiger partial charge in [-0.25, -0.2) is 4.98 Å². The molecule has 3 N–H and O–H groups in total. The fraction of sp³-hybridized carbons (Fsp3) is 0.533. The van der Waals surface area contributed by atoms with Gasteiger partial charge in [0, 0.05) is 38.8 Å². The predicted molar refractivity (Wildman–Crippen MR) is 81.3 cm³/mol. The maximum absolute atomic E-state index is 9.52. The first kappa shape index (κ1) is 14.3. The zero-order valence-corrected chi connectivity index (χ0v) is 12.3. The third-order valence-corrected chi connectivity index (χ3v) is 4.25. The van der Waals surface area contributed by atoms with Gasteiger partial charge in [-0.2, -0.15) is 0 Å². The van der Waals surface area contributed by atoms with Gasteiger partial charge in [0.1, 0.15) is 11.6 Å². The highest BCUT2D eigenvalue weighted by atomic mass is 16.3. The van der Waals surface area contributed by atoms with E-state index in [1.807, 2.05) is 6.07 Å². The van der Waals surface area contributed by atoms with Crippen LogP contribution in [0.1, 0.15) is 18.8 Å². The Hall–Kier alpha value is -1.63. The lowest BCUT2D eigenvalue weighted by Crippen LogP contribution is -2.47. The van der Waals surface area contributed by atoms with E-state index in [0.717, 1.165) is 49.6 Å². The van der Waals surface area contributed by atoms with E-state index in [0.29, 0.717) is 0 Å². The minimum Gasteiger partial charge on any atom is -0.508 e. The quantitative estimate of drug-likeness (QED) is 0.781. The Kier molecular flexibility index (Phi) is 4.10. The van der Waals surface area contributed by atoms with Crippen molar-refractivity contribution in [2.24, 2.45) is 0 Å². The number of β-amino-alcohol motifs (C(OH)–C–C–N with tert-alkyl or cyclic N) is 1. The molecule has 6 nitrogen and oxygen atoms in total. The Morgan fingerprint density at radius 1 is 1.29 bits per heavy atom. The van der Waals surface area contributed by atoms with Crippen molar-refractivity contribution in [3.8, 4) is 5.75 Å². The lowest BCUT2D eigenvalue weighted by Gasteiger charge is -2.37. The first-order valence-electron chi connectivity index (χ1n) is 7.43. The number of aromatic amines is 1. The molecule has 114 valence electrons. The number of aliphatic hydroxyl groups excluding tert-OH is 1. The maximum Gasteiger partial charge on any atom is 0.124 e. The number of fused-ring (bicyclic) bond motifs is 1. The molecule has 0 spiro atoms. The average molecular weight is 290 g/mol. The minimum absolute atomic E-state index is 0.218. The average Bonchev–Trinajstić information content (AvgIpc) is 2.90. The number of aliphatic hydroxyl groups is 1. The summed E-state index contributed by atoms with van der Waals surface area (Å²) in [6, 6.07) is 5.41. The molecule has 0 radical (unpaired) electrons. The Morgan fingerprint density at radius 2 is 2.05 bits per heavy atom. The molecular formula is C15H22N4O2. The summed E-state index contributed by atoms with van der Waals surface area (Å²) in [5, 5.41) is 18.5. The summed E-state index contributed by atoms with van der Waals surface area (Å²) in [7, 11) is 0. The summed E-state index contributed by atoms with van der Waals surface area (Å²) < 4.78 is 0. The van der Waals surface area contributed by atoms with E-state index in [-0.39, 0.29) is 18.4 Å². The van der Waals surface area contributed by atoms with Crippen molar-refractivity contribution in [3.05, 3.63) is 24.0 Å². The fourth-order valence-electron chi connectivity index (χ4n) is 2.90. The first-order chi connectivity index (χ1) is 10.2. The number of nitrogens with one attached hydrogen (secondary N) is 1. The van der Waals surface area contributed by atoms with E-state index < -0.39 is 0 Å². The Bertz CT molecular complexity index is 605. The van der Waals surface area contributed by atoms with Crippen molar-refractivity contribution in [3.63, 3.8) is 0 Å². The highest BCUT2D eigenvalue weighted by Gasteiger charge is 2.23. The van der Waals surface area contributed by atoms with E-state index in [1.165, 1.54) is 0 Å². The normalized spacial score (nSPS) is 19.1. The third kappa shape index (κ3) is 3.02. The van der Waals surface area contributed by atoms with Gasteiger partial charge in [-0.15, -0.1) is 0 Å². The molecule has 0 amide bonds. The number of phenols is 1. The summed E-state index contributed by atoms with van der Waals surface area (Å²) in [6.07, 6.45) is 0. The molecule has 1 atom stereocenters. The zero-order chi connectivity index (χ0) is 14.8. The van der Waals surface area contributed by atoms with Crippen LogP contribution in [-0.2, 0) is 0 Å². The second-order valence-electron chi connectivity index (χ2n) is 5.60. The molecule has 1 aromatic heterocycles. The monoisotopic (exact) mass is 290 g/mol. The number of imidazole rings is 1. The first-order valence-corrected chi connectivity index (χ1v) is 7.43. The smallest absolute Gasteiger partial charge is 0.124 e. The highest BCUT2D eigenvalue weighted by molar-refractivity contribution is 5.76. The number of nitrogens with zero attached hydrogens (tertiary/aromatic N) is 3. The summed E-state index contributed by atoms with van der Waals surface area (Å²) >= 11 is 0. The fourth-order valence-corrected chi connectivity index (χ4v) is 2.90. The van der Waals surface area contributed by atoms with Crippen LogP contribution in [-0.4, -0.2) is 69.3 Å². The highest BCUT2D eigenvalue weighted by Crippen LogP contribution is 2.24. The largest absolute Gasteiger partial charge is 0.508 e. The molecule has 0 aliphatic carbocycles. The standard InChI is InChI=1S/C15H22N4O2/c1-11(19-6-4-18(5-7-19)8-9-20)15-16-13-3-2-12(21)10-14(13)17-15/h2-3,10-11,20-21H,4-9H2,1H3,(H,16,17). The van der Waals surface area contributed by atoms with Crippen LogP contribution in [0.4, 0.5) is 0 Å². The maximum atomic E-state index is 9.52. The van der Waals surface area contributed by atoms with Crippen LogP contribution in [0.5, 0.6) is 5.75 Å². The lowest BCUT2D eigenvalue weighted by atomic mass is 10.2. The second-order valence-corrected chi connectivity index (χ2v) is 5.60. The zero-order valence-electron chi connectivity index (χ0n) is 12.3. The van der Waals surface area contributed by atoms with Crippen LogP contribution >= 0.6 is 0 Å². The van der Waals surface area contributed by atoms with Crippen LogP contribution in [0, 0.1) is 0 Å². The summed E-state index contributed by atoms with van der Waals surface area (Å²) in [6.45, 7) is 7.04. The molecule has 1 aromatic carbocycles. The van der Waals surface area contributed by atoms with E-state index in [9.17, 15) is 5.11 Å². The molecule has 1 fully saturated rings. The topological polar surface area (TPSA) is 75.6 Å². The molecule has 3 rings (SSSR count). The number of phenolic OH excluding ortho intramolecular Hbond substituents is 1. The van der Waals surface area contributed by atoms with Crippen molar-refractivity contribution in [2.75, 3.05) is 39.3 Å². The molecule has 1 aliphatic rings. The number of hydrogen-bond acceptors (Lipinski definition) is 5. The summed E-state index contributed by atoms with van der Waals surface area (Å²) in [4.78, 5) is 12.6. The number of hydrogen-bond donors (Lipinski definition) is 3. The molecule has 2 aromatic rings. The van der Waals surface area contributed by atoms with Crippen molar-refractivity contribution in [2.45, 2.75) is 13.0 Å². The van der Waals surface area contributed by atoms with Gasteiger partial charge in [-0.1, -0.05) is 0 Å². The van der Waals surface area contributed by atoms with Gasteiger partial charge in [-0.3, -0.25) is 9.80 Å². The number of aromatic hydroxyl groups is 1. The van der Waals surface area contributed by atoms with Crippen molar-refractivity contribution in [1.29, 1.82) is 0 Å². The van der Waals surface area contributed by atoms with Gasteiger partial charge in [0.05, 0.1) is 23.7 Å². The third-order valence-electron chi connectivity index (χ3n) is 4.25. The van der Waals surface area contributed by atoms with Gasteiger partial charge < -0.3 is 15.2 Å². The predicted octanol–water partition coefficient (Wildman–Crippen LogP) is 0.939. The van der Waals surface area contributed by atoms with Gasteiger partial charge in [0.2, 0.25) is 0 Å². The Labute approximate surface area is 124 Å². The van der Waals surface area contributed by atoms with Crippen molar-refractivity contribution in [1.82, 2.24) is 19.8 Å². The summed E-state index contributed by atoms with van der Waals surface area (Å²) in [5.41, 5.74) is 1.75. The molecule has 1 unspecified atom stereocenters. The number of aromatic nitrogens is 2. The molecule has 0 bridgehead atoms. The second kappa shape index (κ2) is 6.01. The van der Waals surface area contributed by atoms with Crippen LogP contribution in [0.15, 0.2) is 18.2 Å². The van der Waals surface area contributed by atoms with Gasteiger partial charge in [-0.05, 0) is 19.1 Å². The summed E-state index contributed by atoms with van der Waals surface area (Å²) in [5.74, 6) is 1.19. The van der Waals surface area contributed by atoms with Gasteiger partial charge in [0.25, 0.3) is 0 Å². The molecule has 2 heterocycles. The Morgan fingerprint density at radius 3 is 2.76 bits per heavy atom. The van der Waals surface area contributed by atoms with E-state index >= 15 is 0 Å². The van der Waals surface area contributed by atoms with E-state index in [2.05, 4.69) is 26.7 Å². The lowest BCUT2D eigenvalue weighted by molar-refractivity contribution is 0.0865. The van der Waals surface area contributed by atoms with E-state index in [1.54, 1.807) is 12.1 Å². The van der Waals surface area contributed by atoms with Crippen LogP contribution in [0.3, 0.4) is 0 Å². The number of piperazine rings is 1. The molecule has 1 aliphatic heterocycles. The molecule has 1 saturated heterocycles. The molecular weight excluding hydrogens is 268 g/mol. The van der Waals surface area contributed by atoms with Crippen molar-refractivity contribution >= 4 is 11.0 Å². The van der Waals surface area contributed by atoms with Crippen LogP contribution < -0.4 is 0 Å². The van der Waals surface area contributed by atoms with Gasteiger partial charge >= 0.3 is 0 Å². The SMILES string of the molecule is CC(c1nc2ccc(O)cc2[nH]1)N1CCN(CCO)CC1. The number of rotatable bonds is 4. The number of benzene rings is 1. The van der Waals surface area contributed by atoms with Crippen LogP contribution in [0.2, 0.25) is 0 Å². The van der Waals surface area contributed by atoms with E-state index in [4.69, 9.17) is 5.11 Å². The number of H-pyrrole nitrogens is 1. The Balaban J connectivity index is 1.70.